The second-order valence-electron chi connectivity index (χ2n) is 3.71. The SMILES string of the molecule is COC1C=C(c2ccc(C(F)(F)F)nc2)C=CN1. The number of dihydropyridines is 1. The van der Waals surface area contributed by atoms with Crippen molar-refractivity contribution in [3.63, 3.8) is 0 Å². The van der Waals surface area contributed by atoms with Gasteiger partial charge in [0.05, 0.1) is 0 Å². The van der Waals surface area contributed by atoms with Gasteiger partial charge in [0.1, 0.15) is 11.9 Å². The van der Waals surface area contributed by atoms with Gasteiger partial charge in [-0.25, -0.2) is 0 Å². The second-order valence-corrected chi connectivity index (χ2v) is 3.71. The molecule has 0 radical (unpaired) electrons. The Labute approximate surface area is 102 Å². The first kappa shape index (κ1) is 12.6. The highest BCUT2D eigenvalue weighted by Gasteiger charge is 2.32. The molecule has 0 spiro atoms. The Morgan fingerprint density at radius 1 is 1.33 bits per heavy atom. The lowest BCUT2D eigenvalue weighted by Crippen LogP contribution is -2.26. The number of nitrogens with zero attached hydrogens (tertiary/aromatic N) is 1. The van der Waals surface area contributed by atoms with E-state index in [0.29, 0.717) is 5.56 Å². The standard InChI is InChI=1S/C12H11F3N2O/c1-18-11-6-8(4-5-16-11)9-2-3-10(17-7-9)12(13,14)15/h2-7,11,16H,1H3. The zero-order chi connectivity index (χ0) is 13.2. The van der Waals surface area contributed by atoms with Crippen molar-refractivity contribution >= 4 is 5.57 Å². The van der Waals surface area contributed by atoms with Crippen LogP contribution in [0.15, 0.2) is 36.7 Å². The summed E-state index contributed by atoms with van der Waals surface area (Å²) in [5.41, 5.74) is 0.484. The van der Waals surface area contributed by atoms with Gasteiger partial charge in [0.15, 0.2) is 0 Å². The third-order valence-electron chi connectivity index (χ3n) is 2.50. The van der Waals surface area contributed by atoms with Crippen molar-refractivity contribution < 1.29 is 17.9 Å². The van der Waals surface area contributed by atoms with Crippen LogP contribution in [0.2, 0.25) is 0 Å². The number of pyridine rings is 1. The van der Waals surface area contributed by atoms with Crippen LogP contribution < -0.4 is 5.32 Å². The predicted octanol–water partition coefficient (Wildman–Crippen LogP) is 2.57. The number of hydrogen-bond donors (Lipinski definition) is 1. The lowest BCUT2D eigenvalue weighted by Gasteiger charge is -2.17. The number of allylic oxidation sites excluding steroid dienone is 2. The van der Waals surface area contributed by atoms with Gasteiger partial charge in [-0.2, -0.15) is 13.2 Å². The fourth-order valence-corrected chi connectivity index (χ4v) is 1.56. The quantitative estimate of drug-likeness (QED) is 0.883. The van der Waals surface area contributed by atoms with E-state index < -0.39 is 11.9 Å². The summed E-state index contributed by atoms with van der Waals surface area (Å²) >= 11 is 0. The highest BCUT2D eigenvalue weighted by molar-refractivity contribution is 5.74. The Balaban J connectivity index is 2.25. The van der Waals surface area contributed by atoms with E-state index in [1.807, 2.05) is 0 Å². The molecule has 6 heteroatoms. The van der Waals surface area contributed by atoms with Crippen molar-refractivity contribution in [1.29, 1.82) is 0 Å². The van der Waals surface area contributed by atoms with E-state index in [2.05, 4.69) is 10.3 Å². The number of alkyl halides is 3. The average Bonchev–Trinajstić information content (AvgIpc) is 2.38. The Hall–Kier alpha value is -1.82. The van der Waals surface area contributed by atoms with Crippen LogP contribution in [0.3, 0.4) is 0 Å². The number of rotatable bonds is 2. The van der Waals surface area contributed by atoms with Crippen LogP contribution in [-0.4, -0.2) is 18.3 Å². The molecule has 0 saturated carbocycles. The molecular weight excluding hydrogens is 245 g/mol. The topological polar surface area (TPSA) is 34.1 Å². The number of aromatic nitrogens is 1. The normalized spacial score (nSPS) is 19.3. The van der Waals surface area contributed by atoms with E-state index >= 15 is 0 Å². The molecule has 1 aliphatic heterocycles. The van der Waals surface area contributed by atoms with E-state index in [-0.39, 0.29) is 6.23 Å². The zero-order valence-corrected chi connectivity index (χ0v) is 9.53. The Kier molecular flexibility index (Phi) is 3.38. The van der Waals surface area contributed by atoms with Crippen LogP contribution in [0, 0.1) is 0 Å². The van der Waals surface area contributed by atoms with Crippen LogP contribution in [-0.2, 0) is 10.9 Å². The molecule has 1 aromatic heterocycles. The van der Waals surface area contributed by atoms with E-state index in [0.717, 1.165) is 11.6 Å². The highest BCUT2D eigenvalue weighted by atomic mass is 19.4. The largest absolute Gasteiger partial charge is 0.433 e. The molecular formula is C12H11F3N2O. The molecule has 0 fully saturated rings. The van der Waals surface area contributed by atoms with Gasteiger partial charge < -0.3 is 10.1 Å². The monoisotopic (exact) mass is 256 g/mol. The molecule has 1 aliphatic rings. The molecule has 2 rings (SSSR count). The first-order chi connectivity index (χ1) is 8.50. The fourth-order valence-electron chi connectivity index (χ4n) is 1.56. The van der Waals surface area contributed by atoms with Gasteiger partial charge in [-0.15, -0.1) is 0 Å². The molecule has 3 nitrogen and oxygen atoms in total. The number of hydrogen-bond acceptors (Lipinski definition) is 3. The first-order valence-electron chi connectivity index (χ1n) is 5.21. The zero-order valence-electron chi connectivity index (χ0n) is 9.53. The number of methoxy groups -OCH3 is 1. The summed E-state index contributed by atoms with van der Waals surface area (Å²) in [7, 11) is 1.54. The van der Waals surface area contributed by atoms with Crippen molar-refractivity contribution in [2.45, 2.75) is 12.4 Å². The van der Waals surface area contributed by atoms with Gasteiger partial charge in [-0.1, -0.05) is 6.07 Å². The molecule has 1 aromatic rings. The number of ether oxygens (including phenoxy) is 1. The molecule has 1 N–H and O–H groups in total. The minimum Gasteiger partial charge on any atom is -0.363 e. The van der Waals surface area contributed by atoms with Gasteiger partial charge in [-0.3, -0.25) is 4.98 Å². The maximum absolute atomic E-state index is 12.4. The molecule has 1 unspecified atom stereocenters. The summed E-state index contributed by atoms with van der Waals surface area (Å²) < 4.78 is 42.2. The molecule has 18 heavy (non-hydrogen) atoms. The first-order valence-corrected chi connectivity index (χ1v) is 5.21. The minimum atomic E-state index is -4.41. The summed E-state index contributed by atoms with van der Waals surface area (Å²) in [6.45, 7) is 0. The summed E-state index contributed by atoms with van der Waals surface area (Å²) in [5, 5.41) is 2.92. The number of nitrogens with one attached hydrogen (secondary N) is 1. The van der Waals surface area contributed by atoms with Crippen LogP contribution in [0.5, 0.6) is 0 Å². The molecule has 0 aliphatic carbocycles. The lowest BCUT2D eigenvalue weighted by atomic mass is 10.1. The summed E-state index contributed by atoms with van der Waals surface area (Å²) in [4.78, 5) is 3.42. The second kappa shape index (κ2) is 4.81. The maximum atomic E-state index is 12.4. The Bertz CT molecular complexity index is 477. The van der Waals surface area contributed by atoms with Gasteiger partial charge in [-0.05, 0) is 35.6 Å². The summed E-state index contributed by atoms with van der Waals surface area (Å²) in [5.74, 6) is 0. The molecule has 0 aromatic carbocycles. The maximum Gasteiger partial charge on any atom is 0.433 e. The van der Waals surface area contributed by atoms with E-state index in [9.17, 15) is 13.2 Å². The third-order valence-corrected chi connectivity index (χ3v) is 2.50. The van der Waals surface area contributed by atoms with E-state index in [1.165, 1.54) is 19.4 Å². The third kappa shape index (κ3) is 2.70. The van der Waals surface area contributed by atoms with Gasteiger partial charge >= 0.3 is 6.18 Å². The van der Waals surface area contributed by atoms with Crippen LogP contribution in [0.1, 0.15) is 11.3 Å². The Morgan fingerprint density at radius 3 is 2.67 bits per heavy atom. The minimum absolute atomic E-state index is 0.285. The average molecular weight is 256 g/mol. The summed E-state index contributed by atoms with van der Waals surface area (Å²) in [6.07, 6.45) is 1.71. The van der Waals surface area contributed by atoms with Crippen LogP contribution in [0.4, 0.5) is 13.2 Å². The van der Waals surface area contributed by atoms with Gasteiger partial charge in [0.25, 0.3) is 0 Å². The molecule has 96 valence electrons. The van der Waals surface area contributed by atoms with Crippen molar-refractivity contribution in [1.82, 2.24) is 10.3 Å². The van der Waals surface area contributed by atoms with Crippen LogP contribution in [0.25, 0.3) is 5.57 Å². The molecule has 0 bridgehead atoms. The van der Waals surface area contributed by atoms with Gasteiger partial charge in [0, 0.05) is 13.3 Å². The molecule has 0 amide bonds. The van der Waals surface area contributed by atoms with E-state index in [1.54, 1.807) is 18.4 Å². The van der Waals surface area contributed by atoms with Crippen molar-refractivity contribution in [3.8, 4) is 0 Å². The Morgan fingerprint density at radius 2 is 2.11 bits per heavy atom. The van der Waals surface area contributed by atoms with Crippen molar-refractivity contribution in [2.75, 3.05) is 7.11 Å². The van der Waals surface area contributed by atoms with Crippen molar-refractivity contribution in [2.24, 2.45) is 0 Å². The lowest BCUT2D eigenvalue weighted by molar-refractivity contribution is -0.141. The molecule has 1 atom stereocenters. The summed E-state index contributed by atoms with van der Waals surface area (Å²) in [6, 6.07) is 2.36. The molecule has 2 heterocycles. The van der Waals surface area contributed by atoms with Crippen molar-refractivity contribution in [3.05, 3.63) is 47.9 Å². The molecule has 0 saturated heterocycles. The highest BCUT2D eigenvalue weighted by Crippen LogP contribution is 2.28. The fraction of sp³-hybridized carbons (Fsp3) is 0.250. The van der Waals surface area contributed by atoms with Gasteiger partial charge in [0.2, 0.25) is 0 Å². The number of halogens is 3. The predicted molar refractivity (Wildman–Crippen MR) is 60.3 cm³/mol. The van der Waals surface area contributed by atoms with E-state index in [4.69, 9.17) is 4.74 Å². The van der Waals surface area contributed by atoms with Crippen LogP contribution >= 0.6 is 0 Å². The smallest absolute Gasteiger partial charge is 0.363 e.